The van der Waals surface area contributed by atoms with Gasteiger partial charge in [-0.05, 0) is 24.3 Å². The van der Waals surface area contributed by atoms with Crippen molar-refractivity contribution in [2.75, 3.05) is 0 Å². The molecular formula is C10H7NS. The zero-order valence-corrected chi connectivity index (χ0v) is 7.48. The number of aryl methyl sites for hydroxylation is 1. The molecule has 0 N–H and O–H groups in total. The minimum absolute atomic E-state index is 0.948. The molecule has 0 unspecified atom stereocenters. The molecule has 2 heteroatoms. The molecule has 1 nitrogen and oxygen atoms in total. The summed E-state index contributed by atoms with van der Waals surface area (Å²) in [6.07, 6.45) is 0. The molecule has 0 bridgehead atoms. The van der Waals surface area contributed by atoms with E-state index in [9.17, 15) is 0 Å². The van der Waals surface area contributed by atoms with Crippen molar-refractivity contribution in [1.82, 2.24) is 0 Å². The highest BCUT2D eigenvalue weighted by Crippen LogP contribution is 2.01. The smallest absolute Gasteiger partial charge is 0.147 e. The van der Waals surface area contributed by atoms with Crippen molar-refractivity contribution >= 4 is 11.8 Å². The van der Waals surface area contributed by atoms with Crippen LogP contribution in [0.25, 0.3) is 0 Å². The average molecular weight is 173 g/mol. The van der Waals surface area contributed by atoms with E-state index >= 15 is 0 Å². The second-order valence-corrected chi connectivity index (χ2v) is 2.88. The average Bonchev–Trinajstić information content (AvgIpc) is 2.09. The number of thioether (sulfide) groups is 1. The minimum Gasteiger partial charge on any atom is -0.184 e. The van der Waals surface area contributed by atoms with Crippen LogP contribution < -0.4 is 0 Å². The molecule has 58 valence electrons. The number of thiocyanates is 1. The molecule has 0 fully saturated rings. The molecule has 0 radical (unpaired) electrons. The van der Waals surface area contributed by atoms with Crippen molar-refractivity contribution < 1.29 is 0 Å². The summed E-state index contributed by atoms with van der Waals surface area (Å²) in [6, 6.07) is 7.89. The van der Waals surface area contributed by atoms with Crippen LogP contribution in [0.3, 0.4) is 0 Å². The fourth-order valence-electron chi connectivity index (χ4n) is 0.744. The molecule has 0 spiro atoms. The lowest BCUT2D eigenvalue weighted by atomic mass is 10.2. The number of hydrogen-bond acceptors (Lipinski definition) is 2. The van der Waals surface area contributed by atoms with Gasteiger partial charge in [-0.2, -0.15) is 5.26 Å². The predicted molar refractivity (Wildman–Crippen MR) is 51.3 cm³/mol. The van der Waals surface area contributed by atoms with Crippen molar-refractivity contribution in [3.63, 3.8) is 0 Å². The van der Waals surface area contributed by atoms with E-state index in [1.807, 2.05) is 36.6 Å². The monoisotopic (exact) mass is 173 g/mol. The maximum absolute atomic E-state index is 8.20. The van der Waals surface area contributed by atoms with Crippen LogP contribution in [0.4, 0.5) is 0 Å². The molecule has 0 aliphatic heterocycles. The summed E-state index contributed by atoms with van der Waals surface area (Å²) in [5.74, 6) is 2.86. The van der Waals surface area contributed by atoms with Crippen LogP contribution >= 0.6 is 11.8 Å². The zero-order valence-electron chi connectivity index (χ0n) is 6.66. The number of nitrogens with zero attached hydrogens (tertiary/aromatic N) is 1. The van der Waals surface area contributed by atoms with E-state index in [4.69, 9.17) is 5.26 Å². The quantitative estimate of drug-likeness (QED) is 0.444. The van der Waals surface area contributed by atoms with E-state index in [0.29, 0.717) is 0 Å². The molecule has 0 saturated heterocycles. The van der Waals surface area contributed by atoms with Gasteiger partial charge in [0.15, 0.2) is 0 Å². The molecule has 1 aromatic rings. The van der Waals surface area contributed by atoms with Crippen LogP contribution in [-0.4, -0.2) is 0 Å². The Morgan fingerprint density at radius 3 is 2.50 bits per heavy atom. The topological polar surface area (TPSA) is 23.8 Å². The molecule has 12 heavy (non-hydrogen) atoms. The molecule has 0 atom stereocenters. The van der Waals surface area contributed by atoms with E-state index in [2.05, 4.69) is 11.2 Å². The summed E-state index contributed by atoms with van der Waals surface area (Å²) in [4.78, 5) is 0. The van der Waals surface area contributed by atoms with E-state index in [1.165, 1.54) is 5.56 Å². The molecule has 0 aliphatic rings. The lowest BCUT2D eigenvalue weighted by Crippen LogP contribution is -1.73. The van der Waals surface area contributed by atoms with Gasteiger partial charge in [-0.3, -0.25) is 0 Å². The van der Waals surface area contributed by atoms with Gasteiger partial charge in [0, 0.05) is 17.3 Å². The van der Waals surface area contributed by atoms with Gasteiger partial charge in [-0.1, -0.05) is 23.6 Å². The Balaban J connectivity index is 2.74. The second-order valence-electron chi connectivity index (χ2n) is 2.29. The van der Waals surface area contributed by atoms with Gasteiger partial charge in [-0.25, -0.2) is 0 Å². The maximum Gasteiger partial charge on any atom is 0.147 e. The first-order valence-corrected chi connectivity index (χ1v) is 4.27. The third-order valence-corrected chi connectivity index (χ3v) is 1.64. The van der Waals surface area contributed by atoms with Crippen molar-refractivity contribution in [2.45, 2.75) is 6.92 Å². The molecule has 0 aliphatic carbocycles. The predicted octanol–water partition coefficient (Wildman–Crippen LogP) is 2.52. The Morgan fingerprint density at radius 2 is 1.92 bits per heavy atom. The highest BCUT2D eigenvalue weighted by atomic mass is 32.2. The summed E-state index contributed by atoms with van der Waals surface area (Å²) in [5.41, 5.74) is 2.16. The van der Waals surface area contributed by atoms with Crippen molar-refractivity contribution in [3.8, 4) is 16.6 Å². The van der Waals surface area contributed by atoms with Crippen LogP contribution in [0.2, 0.25) is 0 Å². The number of benzene rings is 1. The number of rotatable bonds is 0. The maximum atomic E-state index is 8.20. The standard InChI is InChI=1S/C10H7NS/c1-9-2-4-10(5-3-9)6-7-12-8-11/h2-5H,1H3. The van der Waals surface area contributed by atoms with Gasteiger partial charge in [0.2, 0.25) is 0 Å². The minimum atomic E-state index is 0.948. The lowest BCUT2D eigenvalue weighted by Gasteiger charge is -1.90. The fourth-order valence-corrected chi connectivity index (χ4v) is 0.959. The largest absolute Gasteiger partial charge is 0.184 e. The highest BCUT2D eigenvalue weighted by Gasteiger charge is 1.84. The molecule has 0 amide bonds. The van der Waals surface area contributed by atoms with E-state index in [-0.39, 0.29) is 0 Å². The Kier molecular flexibility index (Phi) is 3.26. The summed E-state index contributed by atoms with van der Waals surface area (Å²) >= 11 is 0.952. The molecular weight excluding hydrogens is 166 g/mol. The Morgan fingerprint density at radius 1 is 1.25 bits per heavy atom. The van der Waals surface area contributed by atoms with E-state index in [0.717, 1.165) is 17.3 Å². The van der Waals surface area contributed by atoms with Gasteiger partial charge in [0.1, 0.15) is 5.40 Å². The molecule has 0 heterocycles. The van der Waals surface area contributed by atoms with Gasteiger partial charge < -0.3 is 0 Å². The van der Waals surface area contributed by atoms with Gasteiger partial charge in [0.05, 0.1) is 0 Å². The highest BCUT2D eigenvalue weighted by molar-refractivity contribution is 8.08. The summed E-state index contributed by atoms with van der Waals surface area (Å²) in [6.45, 7) is 2.03. The van der Waals surface area contributed by atoms with Crippen LogP contribution in [0.15, 0.2) is 24.3 Å². The summed E-state index contributed by atoms with van der Waals surface area (Å²) < 4.78 is 0. The number of nitriles is 1. The van der Waals surface area contributed by atoms with Crippen LogP contribution in [0, 0.1) is 28.8 Å². The van der Waals surface area contributed by atoms with E-state index < -0.39 is 0 Å². The third kappa shape index (κ3) is 2.70. The van der Waals surface area contributed by atoms with Crippen LogP contribution in [0.5, 0.6) is 0 Å². The first-order chi connectivity index (χ1) is 5.83. The Labute approximate surface area is 76.4 Å². The summed E-state index contributed by atoms with van der Waals surface area (Å²) in [5, 5.41) is 12.8. The molecule has 1 aromatic carbocycles. The zero-order chi connectivity index (χ0) is 8.81. The molecule has 0 aromatic heterocycles. The molecule has 0 saturated carbocycles. The lowest BCUT2D eigenvalue weighted by molar-refractivity contribution is 1.46. The van der Waals surface area contributed by atoms with E-state index in [1.54, 1.807) is 0 Å². The van der Waals surface area contributed by atoms with Gasteiger partial charge >= 0.3 is 0 Å². The summed E-state index contributed by atoms with van der Waals surface area (Å²) in [7, 11) is 0. The first-order valence-electron chi connectivity index (χ1n) is 3.45. The van der Waals surface area contributed by atoms with Crippen molar-refractivity contribution in [2.24, 2.45) is 0 Å². The van der Waals surface area contributed by atoms with Crippen molar-refractivity contribution in [3.05, 3.63) is 35.4 Å². The Hall–Kier alpha value is -1.38. The van der Waals surface area contributed by atoms with Crippen LogP contribution in [0.1, 0.15) is 11.1 Å². The third-order valence-electron chi connectivity index (χ3n) is 1.34. The Bertz CT molecular complexity index is 348. The SMILES string of the molecule is Cc1ccc(C#CSC#N)cc1. The molecule has 1 rings (SSSR count). The normalized spacial score (nSPS) is 8.00. The number of hydrogen-bond donors (Lipinski definition) is 0. The second kappa shape index (κ2) is 4.49. The fraction of sp³-hybridized carbons (Fsp3) is 0.100. The van der Waals surface area contributed by atoms with Gasteiger partial charge in [0.25, 0.3) is 0 Å². The first kappa shape index (κ1) is 8.71. The van der Waals surface area contributed by atoms with Gasteiger partial charge in [-0.15, -0.1) is 0 Å². The van der Waals surface area contributed by atoms with Crippen molar-refractivity contribution in [1.29, 1.82) is 5.26 Å². The van der Waals surface area contributed by atoms with Crippen LogP contribution in [-0.2, 0) is 0 Å².